The summed E-state index contributed by atoms with van der Waals surface area (Å²) in [6.07, 6.45) is -0.276. The van der Waals surface area contributed by atoms with Gasteiger partial charge in [0.15, 0.2) is 17.6 Å². The topological polar surface area (TPSA) is 79.8 Å². The number of amides is 2. The molecule has 0 saturated carbocycles. The highest BCUT2D eigenvalue weighted by Gasteiger charge is 2.20. The number of nitrogens with one attached hydrogen (secondary N) is 2. The number of carbonyl (C=O) groups excluding carboxylic acids is 1. The van der Waals surface area contributed by atoms with Gasteiger partial charge in [0.25, 0.3) is 0 Å². The standard InChI is InChI=1S/C18H19FN2O4/c19-15-7-12(5-6-13(15)10-22)8-20-18(23)21-9-14-11-24-16-3-1-2-4-17(16)25-14/h1-7,14,22H,8-11H2,(H2,20,21,23). The van der Waals surface area contributed by atoms with Crippen LogP contribution >= 0.6 is 0 Å². The summed E-state index contributed by atoms with van der Waals surface area (Å²) in [7, 11) is 0. The Morgan fingerprint density at radius 1 is 1.20 bits per heavy atom. The quantitative estimate of drug-likeness (QED) is 0.773. The number of hydrogen-bond donors (Lipinski definition) is 3. The molecule has 1 unspecified atom stereocenters. The first kappa shape index (κ1) is 17.0. The minimum atomic E-state index is -0.492. The van der Waals surface area contributed by atoms with E-state index in [0.29, 0.717) is 23.7 Å². The van der Waals surface area contributed by atoms with Crippen LogP contribution in [0, 0.1) is 5.82 Å². The number of aliphatic hydroxyl groups is 1. The number of benzene rings is 2. The zero-order chi connectivity index (χ0) is 17.6. The molecule has 2 aromatic rings. The normalized spacial score (nSPS) is 15.5. The van der Waals surface area contributed by atoms with Crippen LogP contribution < -0.4 is 20.1 Å². The second-order valence-electron chi connectivity index (χ2n) is 5.65. The van der Waals surface area contributed by atoms with Crippen LogP contribution in [0.4, 0.5) is 9.18 Å². The van der Waals surface area contributed by atoms with E-state index in [9.17, 15) is 9.18 Å². The van der Waals surface area contributed by atoms with E-state index in [2.05, 4.69) is 10.6 Å². The van der Waals surface area contributed by atoms with E-state index in [1.165, 1.54) is 12.1 Å². The van der Waals surface area contributed by atoms with Crippen molar-refractivity contribution in [3.8, 4) is 11.5 Å². The Balaban J connectivity index is 1.44. The lowest BCUT2D eigenvalue weighted by Gasteiger charge is -2.26. The van der Waals surface area contributed by atoms with Crippen LogP contribution in [0.1, 0.15) is 11.1 Å². The van der Waals surface area contributed by atoms with Gasteiger partial charge in [0, 0.05) is 12.1 Å². The molecule has 25 heavy (non-hydrogen) atoms. The van der Waals surface area contributed by atoms with Crippen molar-refractivity contribution in [2.75, 3.05) is 13.2 Å². The second kappa shape index (κ2) is 7.85. The lowest BCUT2D eigenvalue weighted by Crippen LogP contribution is -2.44. The molecular formula is C18H19FN2O4. The van der Waals surface area contributed by atoms with E-state index in [0.717, 1.165) is 0 Å². The van der Waals surface area contributed by atoms with E-state index < -0.39 is 5.82 Å². The lowest BCUT2D eigenvalue weighted by molar-refractivity contribution is 0.0918. The van der Waals surface area contributed by atoms with E-state index in [1.54, 1.807) is 6.07 Å². The van der Waals surface area contributed by atoms with Gasteiger partial charge in [0.2, 0.25) is 0 Å². The van der Waals surface area contributed by atoms with Gasteiger partial charge in [-0.05, 0) is 23.8 Å². The summed E-state index contributed by atoms with van der Waals surface area (Å²) in [4.78, 5) is 11.9. The second-order valence-corrected chi connectivity index (χ2v) is 5.65. The van der Waals surface area contributed by atoms with Crippen molar-refractivity contribution in [3.05, 3.63) is 59.4 Å². The fourth-order valence-electron chi connectivity index (χ4n) is 2.44. The van der Waals surface area contributed by atoms with Crippen molar-refractivity contribution in [2.45, 2.75) is 19.3 Å². The summed E-state index contributed by atoms with van der Waals surface area (Å²) >= 11 is 0. The fraction of sp³-hybridized carbons (Fsp3) is 0.278. The van der Waals surface area contributed by atoms with Gasteiger partial charge in [-0.3, -0.25) is 0 Å². The first-order valence-electron chi connectivity index (χ1n) is 7.94. The molecule has 0 fully saturated rings. The van der Waals surface area contributed by atoms with Gasteiger partial charge in [-0.15, -0.1) is 0 Å². The number of urea groups is 1. The van der Waals surface area contributed by atoms with Gasteiger partial charge in [0.1, 0.15) is 12.4 Å². The van der Waals surface area contributed by atoms with E-state index >= 15 is 0 Å². The number of hydrogen-bond acceptors (Lipinski definition) is 4. The molecule has 0 saturated heterocycles. The highest BCUT2D eigenvalue weighted by Crippen LogP contribution is 2.30. The zero-order valence-corrected chi connectivity index (χ0v) is 13.5. The molecule has 1 atom stereocenters. The van der Waals surface area contributed by atoms with Crippen LogP contribution in [0.25, 0.3) is 0 Å². The number of fused-ring (bicyclic) bond motifs is 1. The Kier molecular flexibility index (Phi) is 5.35. The van der Waals surface area contributed by atoms with Crippen LogP contribution in [0.5, 0.6) is 11.5 Å². The summed E-state index contributed by atoms with van der Waals surface area (Å²) in [6.45, 7) is 0.467. The number of ether oxygens (including phenoxy) is 2. The molecule has 0 spiro atoms. The monoisotopic (exact) mass is 346 g/mol. The molecule has 0 aliphatic carbocycles. The minimum Gasteiger partial charge on any atom is -0.486 e. The number of aliphatic hydroxyl groups excluding tert-OH is 1. The number of carbonyl (C=O) groups is 1. The van der Waals surface area contributed by atoms with Gasteiger partial charge < -0.3 is 25.2 Å². The van der Waals surface area contributed by atoms with E-state index in [-0.39, 0.29) is 37.4 Å². The van der Waals surface area contributed by atoms with Crippen LogP contribution in [-0.2, 0) is 13.2 Å². The average Bonchev–Trinajstić information content (AvgIpc) is 2.64. The Labute approximate surface area is 144 Å². The Hall–Kier alpha value is -2.80. The van der Waals surface area contributed by atoms with E-state index in [1.807, 2.05) is 24.3 Å². The summed E-state index contributed by atoms with van der Waals surface area (Å²) in [5, 5.41) is 14.3. The minimum absolute atomic E-state index is 0.180. The maximum Gasteiger partial charge on any atom is 0.315 e. The third-order valence-corrected chi connectivity index (χ3v) is 3.80. The average molecular weight is 346 g/mol. The Morgan fingerprint density at radius 3 is 2.76 bits per heavy atom. The maximum atomic E-state index is 13.6. The molecule has 3 N–H and O–H groups in total. The van der Waals surface area contributed by atoms with Gasteiger partial charge in [-0.1, -0.05) is 24.3 Å². The van der Waals surface area contributed by atoms with Crippen LogP contribution in [0.2, 0.25) is 0 Å². The fourth-order valence-corrected chi connectivity index (χ4v) is 2.44. The van der Waals surface area contributed by atoms with Crippen LogP contribution in [0.3, 0.4) is 0 Å². The van der Waals surface area contributed by atoms with Crippen LogP contribution in [-0.4, -0.2) is 30.4 Å². The lowest BCUT2D eigenvalue weighted by atomic mass is 10.1. The Morgan fingerprint density at radius 2 is 2.00 bits per heavy atom. The van der Waals surface area contributed by atoms with Crippen molar-refractivity contribution >= 4 is 6.03 Å². The van der Waals surface area contributed by atoms with Gasteiger partial charge in [-0.25, -0.2) is 9.18 Å². The van der Waals surface area contributed by atoms with Gasteiger partial charge in [-0.2, -0.15) is 0 Å². The number of para-hydroxylation sites is 2. The molecule has 0 radical (unpaired) electrons. The molecule has 132 valence electrons. The van der Waals surface area contributed by atoms with Crippen molar-refractivity contribution < 1.29 is 23.8 Å². The number of halogens is 1. The predicted octanol–water partition coefficient (Wildman–Crippen LogP) is 1.96. The first-order chi connectivity index (χ1) is 12.2. The molecular weight excluding hydrogens is 327 g/mol. The maximum absolute atomic E-state index is 13.6. The largest absolute Gasteiger partial charge is 0.486 e. The smallest absolute Gasteiger partial charge is 0.315 e. The third kappa shape index (κ3) is 4.39. The summed E-state index contributed by atoms with van der Waals surface area (Å²) in [6, 6.07) is 11.4. The highest BCUT2D eigenvalue weighted by molar-refractivity contribution is 5.73. The zero-order valence-electron chi connectivity index (χ0n) is 13.5. The van der Waals surface area contributed by atoms with E-state index in [4.69, 9.17) is 14.6 Å². The molecule has 1 aliphatic heterocycles. The number of rotatable bonds is 5. The van der Waals surface area contributed by atoms with Gasteiger partial charge >= 0.3 is 6.03 Å². The third-order valence-electron chi connectivity index (χ3n) is 3.80. The van der Waals surface area contributed by atoms with Crippen molar-refractivity contribution in [3.63, 3.8) is 0 Å². The summed E-state index contributed by atoms with van der Waals surface area (Å²) < 4.78 is 24.9. The molecule has 3 rings (SSSR count). The molecule has 2 amide bonds. The Bertz CT molecular complexity index is 754. The van der Waals surface area contributed by atoms with Gasteiger partial charge in [0.05, 0.1) is 13.2 Å². The highest BCUT2D eigenvalue weighted by atomic mass is 19.1. The summed E-state index contributed by atoms with van der Waals surface area (Å²) in [5.41, 5.74) is 0.832. The summed E-state index contributed by atoms with van der Waals surface area (Å²) in [5.74, 6) is 0.852. The van der Waals surface area contributed by atoms with Crippen molar-refractivity contribution in [1.29, 1.82) is 0 Å². The molecule has 1 heterocycles. The molecule has 0 bridgehead atoms. The SMILES string of the molecule is O=C(NCc1ccc(CO)c(F)c1)NCC1COc2ccccc2O1. The predicted molar refractivity (Wildman–Crippen MR) is 88.9 cm³/mol. The molecule has 1 aliphatic rings. The van der Waals surface area contributed by atoms with Crippen LogP contribution in [0.15, 0.2) is 42.5 Å². The molecule has 0 aromatic heterocycles. The van der Waals surface area contributed by atoms with Crippen molar-refractivity contribution in [2.24, 2.45) is 0 Å². The first-order valence-corrected chi connectivity index (χ1v) is 7.94. The van der Waals surface area contributed by atoms with Crippen molar-refractivity contribution in [1.82, 2.24) is 10.6 Å². The molecule has 2 aromatic carbocycles. The molecule has 7 heteroatoms. The molecule has 6 nitrogen and oxygen atoms in total.